The summed E-state index contributed by atoms with van der Waals surface area (Å²) in [6.45, 7) is 5.90. The zero-order valence-electron chi connectivity index (χ0n) is 24.6. The van der Waals surface area contributed by atoms with Crippen LogP contribution in [0.5, 0.6) is 0 Å². The molecule has 0 bridgehead atoms. The summed E-state index contributed by atoms with van der Waals surface area (Å²) >= 11 is 0. The van der Waals surface area contributed by atoms with Crippen molar-refractivity contribution in [1.29, 1.82) is 0 Å². The van der Waals surface area contributed by atoms with E-state index < -0.39 is 54.5 Å². The van der Waals surface area contributed by atoms with Gasteiger partial charge >= 0.3 is 23.9 Å². The number of amides is 1. The van der Waals surface area contributed by atoms with Gasteiger partial charge in [0.15, 0.2) is 5.82 Å². The predicted octanol–water partition coefficient (Wildman–Crippen LogP) is 3.74. The van der Waals surface area contributed by atoms with Crippen molar-refractivity contribution in [1.82, 2.24) is 24.5 Å². The number of aliphatic hydroxyl groups excluding tert-OH is 1. The van der Waals surface area contributed by atoms with E-state index in [0.717, 1.165) is 18.2 Å². The molecule has 238 valence electrons. The Morgan fingerprint density at radius 1 is 1.18 bits per heavy atom. The fourth-order valence-electron chi connectivity index (χ4n) is 4.27. The zero-order valence-corrected chi connectivity index (χ0v) is 24.6. The van der Waals surface area contributed by atoms with E-state index in [1.54, 1.807) is 0 Å². The SMILES string of the molecule is CCCCOC(=O)Nc1nc(=O)n([C@@H]2OC(CO)C(OC(=O)OC(C)(C)C)C2(F)F)cc1-c1cn(Cc2ccccc2)nn1. The average Bonchev–Trinajstić information content (AvgIpc) is 3.50. The maximum atomic E-state index is 15.8. The van der Waals surface area contributed by atoms with Gasteiger partial charge in [0, 0.05) is 6.20 Å². The first-order valence-corrected chi connectivity index (χ1v) is 13.9. The Bertz CT molecular complexity index is 1510. The summed E-state index contributed by atoms with van der Waals surface area (Å²) in [4.78, 5) is 41.6. The van der Waals surface area contributed by atoms with Crippen LogP contribution in [0.2, 0.25) is 0 Å². The van der Waals surface area contributed by atoms with Gasteiger partial charge in [0.25, 0.3) is 0 Å². The van der Waals surface area contributed by atoms with Gasteiger partial charge in [-0.2, -0.15) is 13.8 Å². The van der Waals surface area contributed by atoms with Gasteiger partial charge in [0.1, 0.15) is 17.4 Å². The Morgan fingerprint density at radius 3 is 2.57 bits per heavy atom. The molecule has 1 amide bonds. The standard InChI is InChI=1S/C28H34F2N6O8/c1-5-6-12-41-25(39)32-22-18(19-15-35(34-33-19)13-17-10-8-7-9-11-17)14-36(24(38)31-22)23-28(29,30)21(20(16-37)42-23)43-26(40)44-27(2,3)4/h7-11,14-15,20-21,23,37H,5-6,12-13,16H2,1-4H3,(H,31,32,38,39)/t20?,21?,23-/m1/s1. The number of carbonyl (C=O) groups is 2. The molecule has 0 spiro atoms. The number of nitrogens with zero attached hydrogens (tertiary/aromatic N) is 5. The minimum absolute atomic E-state index is 0.0622. The van der Waals surface area contributed by atoms with Crippen molar-refractivity contribution in [3.8, 4) is 11.3 Å². The van der Waals surface area contributed by atoms with E-state index in [0.29, 0.717) is 17.5 Å². The predicted molar refractivity (Wildman–Crippen MR) is 150 cm³/mol. The molecule has 4 rings (SSSR count). The number of rotatable bonds is 10. The Labute approximate surface area is 250 Å². The molecule has 3 atom stereocenters. The molecule has 0 aliphatic carbocycles. The number of halogens is 2. The molecule has 14 nitrogen and oxygen atoms in total. The monoisotopic (exact) mass is 620 g/mol. The quantitative estimate of drug-likeness (QED) is 0.250. The van der Waals surface area contributed by atoms with Crippen LogP contribution in [0.25, 0.3) is 11.3 Å². The molecule has 3 aromatic rings. The second kappa shape index (κ2) is 13.5. The first-order valence-electron chi connectivity index (χ1n) is 13.9. The van der Waals surface area contributed by atoms with E-state index in [9.17, 15) is 19.5 Å². The molecule has 2 N–H and O–H groups in total. The summed E-state index contributed by atoms with van der Waals surface area (Å²) in [6, 6.07) is 9.29. The fourth-order valence-corrected chi connectivity index (χ4v) is 4.27. The number of benzene rings is 1. The number of ether oxygens (including phenoxy) is 4. The third-order valence-electron chi connectivity index (χ3n) is 6.30. The average molecular weight is 621 g/mol. The summed E-state index contributed by atoms with van der Waals surface area (Å²) in [5, 5.41) is 20.3. The molecule has 1 aliphatic heterocycles. The topological polar surface area (TPSA) is 169 Å². The number of hydrogen-bond donors (Lipinski definition) is 2. The first kappa shape index (κ1) is 32.5. The Morgan fingerprint density at radius 2 is 1.91 bits per heavy atom. The Hall–Kier alpha value is -4.44. The highest BCUT2D eigenvalue weighted by atomic mass is 19.3. The van der Waals surface area contributed by atoms with Gasteiger partial charge in [-0.05, 0) is 32.8 Å². The van der Waals surface area contributed by atoms with Crippen molar-refractivity contribution in [2.75, 3.05) is 18.5 Å². The van der Waals surface area contributed by atoms with Gasteiger partial charge in [-0.1, -0.05) is 48.9 Å². The van der Waals surface area contributed by atoms with Crippen molar-refractivity contribution in [3.63, 3.8) is 0 Å². The molecule has 2 aromatic heterocycles. The molecular formula is C28H34F2N6O8. The lowest BCUT2D eigenvalue weighted by atomic mass is 10.1. The van der Waals surface area contributed by atoms with Crippen LogP contribution < -0.4 is 11.0 Å². The second-order valence-corrected chi connectivity index (χ2v) is 11.0. The molecule has 1 fully saturated rings. The van der Waals surface area contributed by atoms with Crippen LogP contribution in [0.1, 0.15) is 52.3 Å². The lowest BCUT2D eigenvalue weighted by Crippen LogP contribution is -2.45. The molecule has 1 saturated heterocycles. The molecule has 16 heteroatoms. The Kier molecular flexibility index (Phi) is 9.94. The van der Waals surface area contributed by atoms with Crippen LogP contribution >= 0.6 is 0 Å². The number of nitrogens with one attached hydrogen (secondary N) is 1. The maximum Gasteiger partial charge on any atom is 0.509 e. The van der Waals surface area contributed by atoms with E-state index in [1.165, 1.54) is 31.6 Å². The van der Waals surface area contributed by atoms with Crippen molar-refractivity contribution in [3.05, 3.63) is 58.8 Å². The molecule has 0 radical (unpaired) electrons. The molecule has 1 aliphatic rings. The summed E-state index contributed by atoms with van der Waals surface area (Å²) in [5.74, 6) is -4.35. The van der Waals surface area contributed by atoms with E-state index in [1.807, 2.05) is 37.3 Å². The van der Waals surface area contributed by atoms with E-state index in [2.05, 4.69) is 20.6 Å². The first-order chi connectivity index (χ1) is 20.8. The smallest absolute Gasteiger partial charge is 0.449 e. The molecule has 0 saturated carbocycles. The number of hydrogen-bond acceptors (Lipinski definition) is 11. The van der Waals surface area contributed by atoms with Gasteiger partial charge < -0.3 is 24.1 Å². The van der Waals surface area contributed by atoms with Crippen LogP contribution in [0.4, 0.5) is 24.2 Å². The van der Waals surface area contributed by atoms with Gasteiger partial charge in [-0.25, -0.2) is 19.1 Å². The van der Waals surface area contributed by atoms with Crippen LogP contribution in [0, 0.1) is 0 Å². The highest BCUT2D eigenvalue weighted by molar-refractivity contribution is 5.88. The maximum absolute atomic E-state index is 15.8. The second-order valence-electron chi connectivity index (χ2n) is 11.0. The Balaban J connectivity index is 1.70. The molecule has 44 heavy (non-hydrogen) atoms. The van der Waals surface area contributed by atoms with Gasteiger partial charge in [0.05, 0.1) is 31.5 Å². The lowest BCUT2D eigenvalue weighted by molar-refractivity contribution is -0.149. The van der Waals surface area contributed by atoms with Crippen LogP contribution in [-0.4, -0.2) is 78.8 Å². The number of aliphatic hydroxyl groups is 1. The van der Waals surface area contributed by atoms with E-state index >= 15 is 8.78 Å². The third kappa shape index (κ3) is 7.74. The fraction of sp³-hybridized carbons (Fsp3) is 0.500. The third-order valence-corrected chi connectivity index (χ3v) is 6.30. The minimum Gasteiger partial charge on any atom is -0.449 e. The van der Waals surface area contributed by atoms with Crippen molar-refractivity contribution >= 4 is 18.1 Å². The van der Waals surface area contributed by atoms with Gasteiger partial charge in [0.2, 0.25) is 12.3 Å². The number of anilines is 1. The minimum atomic E-state index is -4.04. The van der Waals surface area contributed by atoms with Crippen molar-refractivity contribution in [2.45, 2.75) is 77.0 Å². The highest BCUT2D eigenvalue weighted by Crippen LogP contribution is 2.44. The summed E-state index contributed by atoms with van der Waals surface area (Å²) in [5.41, 5.74) is -1.38. The van der Waals surface area contributed by atoms with E-state index in [4.69, 9.17) is 18.9 Å². The summed E-state index contributed by atoms with van der Waals surface area (Å²) in [6.07, 6.45) is -4.91. The highest BCUT2D eigenvalue weighted by Gasteiger charge is 2.62. The van der Waals surface area contributed by atoms with Crippen LogP contribution in [0.3, 0.4) is 0 Å². The number of alkyl halides is 2. The van der Waals surface area contributed by atoms with Crippen LogP contribution in [-0.2, 0) is 25.5 Å². The van der Waals surface area contributed by atoms with Crippen LogP contribution in [0.15, 0.2) is 47.5 Å². The molecule has 2 unspecified atom stereocenters. The lowest BCUT2D eigenvalue weighted by Gasteiger charge is -2.26. The van der Waals surface area contributed by atoms with Gasteiger partial charge in [-0.15, -0.1) is 5.10 Å². The molecule has 3 heterocycles. The summed E-state index contributed by atoms with van der Waals surface area (Å²) < 4.78 is 53.7. The van der Waals surface area contributed by atoms with Crippen molar-refractivity contribution < 1.29 is 42.4 Å². The number of unbranched alkanes of at least 4 members (excludes halogenated alkanes) is 1. The summed E-state index contributed by atoms with van der Waals surface area (Å²) in [7, 11) is 0. The normalized spacial score (nSPS) is 19.4. The largest absolute Gasteiger partial charge is 0.509 e. The van der Waals surface area contributed by atoms with Crippen molar-refractivity contribution in [2.24, 2.45) is 0 Å². The van der Waals surface area contributed by atoms with E-state index in [-0.39, 0.29) is 23.7 Å². The van der Waals surface area contributed by atoms with Gasteiger partial charge in [-0.3, -0.25) is 9.88 Å². The molecular weight excluding hydrogens is 586 g/mol. The zero-order chi connectivity index (χ0) is 32.1. The number of aromatic nitrogens is 5. The number of carbonyl (C=O) groups excluding carboxylic acids is 2. The molecule has 1 aromatic carbocycles.